The van der Waals surface area contributed by atoms with Crippen molar-refractivity contribution in [3.8, 4) is 5.75 Å². The number of Topliss-reactive ketones (excluding diaryl/α,β-unsaturated/α-hetero) is 1. The van der Waals surface area contributed by atoms with Crippen molar-refractivity contribution in [2.45, 2.75) is 32.0 Å². The van der Waals surface area contributed by atoms with Gasteiger partial charge in [0.1, 0.15) is 17.5 Å². The van der Waals surface area contributed by atoms with Crippen LogP contribution in [0.5, 0.6) is 5.75 Å². The number of benzene rings is 3. The molecular weight excluding hydrogens is 513 g/mol. The number of nitrogens with zero attached hydrogens (tertiary/aromatic N) is 1. The molecule has 0 saturated carbocycles. The van der Waals surface area contributed by atoms with Gasteiger partial charge in [0, 0.05) is 30.3 Å². The second-order valence-electron chi connectivity index (χ2n) is 9.04. The van der Waals surface area contributed by atoms with Gasteiger partial charge >= 0.3 is 12.0 Å². The van der Waals surface area contributed by atoms with Gasteiger partial charge in [-0.2, -0.15) is 0 Å². The average Bonchev–Trinajstić information content (AvgIpc) is 3.28. The predicted octanol–water partition coefficient (Wildman–Crippen LogP) is 5.73. The van der Waals surface area contributed by atoms with Crippen LogP contribution in [0.4, 0.5) is 26.2 Å². The molecule has 1 saturated heterocycles. The number of ether oxygens (including phenoxy) is 1. The maximum Gasteiger partial charge on any atom is 0.339 e. The molecule has 3 aromatic rings. The molecule has 198 valence electrons. The normalized spacial score (nSPS) is 16.7. The third-order valence-corrected chi connectivity index (χ3v) is 6.74. The number of hydrogen-bond donors (Lipinski definition) is 3. The number of carbonyl (C=O) groups is 3. The number of ketones is 1. The highest BCUT2D eigenvalue weighted by molar-refractivity contribution is 6.33. The molecule has 0 aromatic heterocycles. The Labute approximate surface area is 224 Å². The number of aryl methyl sites for hydroxylation is 1. The molecule has 0 unspecified atom stereocenters. The van der Waals surface area contributed by atoms with Gasteiger partial charge in [-0.15, -0.1) is 0 Å². The first-order valence-corrected chi connectivity index (χ1v) is 12.3. The van der Waals surface area contributed by atoms with Gasteiger partial charge in [-0.3, -0.25) is 4.79 Å². The van der Waals surface area contributed by atoms with E-state index in [2.05, 4.69) is 10.6 Å². The van der Waals surface area contributed by atoms with Crippen molar-refractivity contribution < 1.29 is 28.6 Å². The number of carboxylic acid groups (broad SMARTS) is 1. The number of para-hydroxylation sites is 1. The molecule has 8 nitrogen and oxygen atoms in total. The first kappa shape index (κ1) is 26.9. The standard InChI is InChI=1S/C28H27ClFN3O5/c1-16-11-17(7-10-22(16)31-28(37)32-23-6-4-3-5-21(23)29)12-25(34)24-13-18(30)15-33(24)19-8-9-20(27(35)36)26(14-19)38-2/h3-11,14,18,24H,12-13,15H2,1-2H3,(H,35,36)(H2,31,32,37)/t18-,24-/m0/s1. The number of alkyl halides is 1. The molecule has 1 aliphatic heterocycles. The van der Waals surface area contributed by atoms with E-state index in [9.17, 15) is 23.9 Å². The van der Waals surface area contributed by atoms with E-state index < -0.39 is 24.2 Å². The van der Waals surface area contributed by atoms with Crippen molar-refractivity contribution in [2.75, 3.05) is 29.2 Å². The summed E-state index contributed by atoms with van der Waals surface area (Å²) in [5, 5.41) is 15.2. The van der Waals surface area contributed by atoms with Gasteiger partial charge in [-0.25, -0.2) is 14.0 Å². The highest BCUT2D eigenvalue weighted by Crippen LogP contribution is 2.33. The number of carboxylic acids is 1. The van der Waals surface area contributed by atoms with E-state index in [1.807, 2.05) is 6.92 Å². The second-order valence-corrected chi connectivity index (χ2v) is 9.45. The fraction of sp³-hybridized carbons (Fsp3) is 0.250. The monoisotopic (exact) mass is 539 g/mol. The fourth-order valence-electron chi connectivity index (χ4n) is 4.54. The van der Waals surface area contributed by atoms with E-state index in [1.165, 1.54) is 19.2 Å². The van der Waals surface area contributed by atoms with Crippen LogP contribution < -0.4 is 20.3 Å². The summed E-state index contributed by atoms with van der Waals surface area (Å²) in [5.41, 5.74) is 3.04. The van der Waals surface area contributed by atoms with Crippen LogP contribution in [0.2, 0.25) is 5.02 Å². The molecule has 1 heterocycles. The molecule has 0 radical (unpaired) electrons. The SMILES string of the molecule is COc1cc(N2C[C@@H](F)C[C@H]2C(=O)Cc2ccc(NC(=O)Nc3ccccc3Cl)c(C)c2)ccc1C(=O)O. The molecule has 2 atom stereocenters. The molecular formula is C28H27ClFN3O5. The fourth-order valence-corrected chi connectivity index (χ4v) is 4.73. The first-order valence-electron chi connectivity index (χ1n) is 11.9. The Morgan fingerprint density at radius 3 is 2.50 bits per heavy atom. The quantitative estimate of drug-likeness (QED) is 0.337. The first-order chi connectivity index (χ1) is 18.2. The number of amides is 2. The Balaban J connectivity index is 1.45. The van der Waals surface area contributed by atoms with Crippen LogP contribution in [-0.4, -0.2) is 48.8 Å². The number of halogens is 2. The lowest BCUT2D eigenvalue weighted by molar-refractivity contribution is -0.119. The summed E-state index contributed by atoms with van der Waals surface area (Å²) >= 11 is 6.09. The predicted molar refractivity (Wildman–Crippen MR) is 145 cm³/mol. The zero-order valence-electron chi connectivity index (χ0n) is 20.8. The van der Waals surface area contributed by atoms with Crippen LogP contribution in [-0.2, 0) is 11.2 Å². The zero-order valence-corrected chi connectivity index (χ0v) is 21.6. The van der Waals surface area contributed by atoms with Gasteiger partial charge in [-0.1, -0.05) is 35.9 Å². The largest absolute Gasteiger partial charge is 0.496 e. The van der Waals surface area contributed by atoms with E-state index in [0.29, 0.717) is 22.1 Å². The van der Waals surface area contributed by atoms with E-state index in [1.54, 1.807) is 53.4 Å². The molecule has 4 rings (SSSR count). The lowest BCUT2D eigenvalue weighted by Gasteiger charge is -2.26. The van der Waals surface area contributed by atoms with E-state index >= 15 is 0 Å². The summed E-state index contributed by atoms with van der Waals surface area (Å²) < 4.78 is 19.6. The van der Waals surface area contributed by atoms with Gasteiger partial charge in [0.25, 0.3) is 0 Å². The summed E-state index contributed by atoms with van der Waals surface area (Å²) in [6.07, 6.45) is -1.08. The third kappa shape index (κ3) is 6.06. The van der Waals surface area contributed by atoms with Crippen molar-refractivity contribution in [2.24, 2.45) is 0 Å². The van der Waals surface area contributed by atoms with Gasteiger partial charge < -0.3 is 25.4 Å². The maximum absolute atomic E-state index is 14.4. The van der Waals surface area contributed by atoms with E-state index in [-0.39, 0.29) is 36.5 Å². The van der Waals surface area contributed by atoms with Crippen LogP contribution in [0.15, 0.2) is 60.7 Å². The van der Waals surface area contributed by atoms with Crippen LogP contribution in [0, 0.1) is 6.92 Å². The Kier molecular flexibility index (Phi) is 8.16. The molecule has 1 aliphatic rings. The Morgan fingerprint density at radius 2 is 1.82 bits per heavy atom. The molecule has 3 N–H and O–H groups in total. The Bertz CT molecular complexity index is 1380. The zero-order chi connectivity index (χ0) is 27.4. The minimum Gasteiger partial charge on any atom is -0.496 e. The van der Waals surface area contributed by atoms with Gasteiger partial charge in [0.2, 0.25) is 0 Å². The summed E-state index contributed by atoms with van der Waals surface area (Å²) in [4.78, 5) is 38.7. The average molecular weight is 540 g/mol. The van der Waals surface area contributed by atoms with Crippen LogP contribution >= 0.6 is 11.6 Å². The minimum atomic E-state index is -1.20. The number of aromatic carboxylic acids is 1. The number of anilines is 3. The Morgan fingerprint density at radius 1 is 1.08 bits per heavy atom. The lowest BCUT2D eigenvalue weighted by Crippen LogP contribution is -2.37. The number of nitrogens with one attached hydrogen (secondary N) is 2. The van der Waals surface area contributed by atoms with E-state index in [0.717, 1.165) is 11.1 Å². The third-order valence-electron chi connectivity index (χ3n) is 6.41. The molecule has 1 fully saturated rings. The number of urea groups is 1. The maximum atomic E-state index is 14.4. The molecule has 38 heavy (non-hydrogen) atoms. The van der Waals surface area contributed by atoms with Crippen molar-refractivity contribution in [3.05, 3.63) is 82.4 Å². The molecule has 2 amide bonds. The molecule has 0 aliphatic carbocycles. The summed E-state index contributed by atoms with van der Waals surface area (Å²) in [5.74, 6) is -1.16. The molecule has 0 spiro atoms. The van der Waals surface area contributed by atoms with Crippen molar-refractivity contribution in [3.63, 3.8) is 0 Å². The minimum absolute atomic E-state index is 0.0140. The topological polar surface area (TPSA) is 108 Å². The second kappa shape index (κ2) is 11.5. The highest BCUT2D eigenvalue weighted by atomic mass is 35.5. The number of rotatable bonds is 8. The molecule has 10 heteroatoms. The van der Waals surface area contributed by atoms with Crippen LogP contribution in [0.3, 0.4) is 0 Å². The smallest absolute Gasteiger partial charge is 0.339 e. The number of methoxy groups -OCH3 is 1. The molecule has 0 bridgehead atoms. The van der Waals surface area contributed by atoms with Crippen molar-refractivity contribution in [1.82, 2.24) is 0 Å². The number of carbonyl (C=O) groups excluding carboxylic acids is 2. The van der Waals surface area contributed by atoms with Crippen LogP contribution in [0.1, 0.15) is 27.9 Å². The van der Waals surface area contributed by atoms with Crippen molar-refractivity contribution >= 4 is 46.4 Å². The van der Waals surface area contributed by atoms with Gasteiger partial charge in [0.05, 0.1) is 30.4 Å². The molecule has 3 aromatic carbocycles. The Hall–Kier alpha value is -4.11. The van der Waals surface area contributed by atoms with E-state index in [4.69, 9.17) is 16.3 Å². The van der Waals surface area contributed by atoms with Crippen LogP contribution in [0.25, 0.3) is 0 Å². The van der Waals surface area contributed by atoms with Gasteiger partial charge in [0.15, 0.2) is 5.78 Å². The lowest BCUT2D eigenvalue weighted by atomic mass is 9.99. The summed E-state index contributed by atoms with van der Waals surface area (Å²) in [7, 11) is 1.36. The summed E-state index contributed by atoms with van der Waals surface area (Å²) in [6.45, 7) is 1.84. The highest BCUT2D eigenvalue weighted by Gasteiger charge is 2.37. The van der Waals surface area contributed by atoms with Gasteiger partial charge in [-0.05, 0) is 48.4 Å². The summed E-state index contributed by atoms with van der Waals surface area (Å²) in [6, 6.07) is 15.5. The number of hydrogen-bond acceptors (Lipinski definition) is 5. The van der Waals surface area contributed by atoms with Crippen molar-refractivity contribution in [1.29, 1.82) is 0 Å².